The first-order valence-electron chi connectivity index (χ1n) is 25.0. The van der Waals surface area contributed by atoms with Crippen LogP contribution in [-0.2, 0) is 19.7 Å². The van der Waals surface area contributed by atoms with Crippen LogP contribution in [0.1, 0.15) is 290 Å². The van der Waals surface area contributed by atoms with Crippen molar-refractivity contribution >= 4 is 22.1 Å². The van der Waals surface area contributed by atoms with Gasteiger partial charge in [0.2, 0.25) is 0 Å². The smallest absolute Gasteiger partial charge is 0.550 e. The normalized spacial score (nSPS) is 13.1. The van der Waals surface area contributed by atoms with Gasteiger partial charge in [0.15, 0.2) is 0 Å². The summed E-state index contributed by atoms with van der Waals surface area (Å²) in [5.41, 5.74) is 0. The molecule has 10 heteroatoms. The molecule has 0 saturated carbocycles. The summed E-state index contributed by atoms with van der Waals surface area (Å²) in [5.74, 6) is -4.70. The van der Waals surface area contributed by atoms with E-state index < -0.39 is 39.1 Å². The molecule has 0 bridgehead atoms. The molecule has 0 aromatic heterocycles. The number of carboxylic acid groups (broad SMARTS) is 2. The number of carbonyl (C=O) groups excluding carboxylic acids is 2. The Kier molecular flexibility index (Phi) is 49.4. The number of hydrogen-bond donors (Lipinski definition) is 1. The number of aliphatic carboxylic acids is 2. The van der Waals surface area contributed by atoms with E-state index in [0.29, 0.717) is 12.8 Å². The van der Waals surface area contributed by atoms with Crippen molar-refractivity contribution in [3.8, 4) is 0 Å². The zero-order chi connectivity index (χ0) is 42.1. The molecule has 7 nitrogen and oxygen atoms in total. The third-order valence-corrected chi connectivity index (χ3v) is 14.3. The predicted molar refractivity (Wildman–Crippen MR) is 238 cm³/mol. The van der Waals surface area contributed by atoms with Gasteiger partial charge in [0.25, 0.3) is 10.1 Å². The number of unbranched alkanes of at least 4 members (excludes halogenated alkanes) is 38. The summed E-state index contributed by atoms with van der Waals surface area (Å²) < 4.78 is 33.0. The summed E-state index contributed by atoms with van der Waals surface area (Å²) in [7, 11) is -5.12. The first kappa shape index (κ1) is 63.3. The van der Waals surface area contributed by atoms with E-state index in [9.17, 15) is 32.8 Å². The van der Waals surface area contributed by atoms with Crippen molar-refractivity contribution in [2.24, 2.45) is 5.92 Å². The second-order valence-corrected chi connectivity index (χ2v) is 19.6. The Hall–Kier alpha value is 0.0448. The molecular formula is C49H94Li2O7S. The van der Waals surface area contributed by atoms with Crippen LogP contribution in [0.5, 0.6) is 0 Å². The first-order chi connectivity index (χ1) is 27.6. The molecule has 0 radical (unpaired) electrons. The third kappa shape index (κ3) is 37.2. The van der Waals surface area contributed by atoms with Crippen molar-refractivity contribution in [2.45, 2.75) is 295 Å². The molecule has 0 amide bonds. The van der Waals surface area contributed by atoms with Crippen LogP contribution in [0.15, 0.2) is 0 Å². The van der Waals surface area contributed by atoms with Gasteiger partial charge in [0.05, 0.1) is 5.97 Å². The first-order valence-corrected chi connectivity index (χ1v) is 26.5. The second kappa shape index (κ2) is 46.0. The molecule has 340 valence electrons. The maximum Gasteiger partial charge on any atom is 1.00 e. The van der Waals surface area contributed by atoms with Crippen LogP contribution in [-0.4, -0.2) is 29.7 Å². The summed E-state index contributed by atoms with van der Waals surface area (Å²) in [5, 5.41) is 24.1. The Morgan fingerprint density at radius 1 is 0.424 bits per heavy atom. The third-order valence-electron chi connectivity index (χ3n) is 12.7. The van der Waals surface area contributed by atoms with Crippen LogP contribution in [0.2, 0.25) is 0 Å². The molecule has 1 N–H and O–H groups in total. The Morgan fingerprint density at radius 2 is 0.644 bits per heavy atom. The molecule has 0 spiro atoms. The summed E-state index contributed by atoms with van der Waals surface area (Å²) in [4.78, 5) is 24.1. The molecule has 0 saturated heterocycles. The molecular weight excluding hydrogens is 746 g/mol. The summed E-state index contributed by atoms with van der Waals surface area (Å²) >= 11 is 0. The fraction of sp³-hybridized carbons (Fsp3) is 0.959. The quantitative estimate of drug-likeness (QED) is 0.0380. The number of hydrogen-bond acceptors (Lipinski definition) is 6. The van der Waals surface area contributed by atoms with E-state index in [0.717, 1.165) is 44.9 Å². The van der Waals surface area contributed by atoms with E-state index in [1.807, 2.05) is 0 Å². The maximum absolute atomic E-state index is 12.7. The van der Waals surface area contributed by atoms with Crippen LogP contribution >= 0.6 is 0 Å². The minimum absolute atomic E-state index is 0. The van der Waals surface area contributed by atoms with Gasteiger partial charge in [-0.25, -0.2) is 0 Å². The van der Waals surface area contributed by atoms with Gasteiger partial charge in [0, 0.05) is 5.97 Å². The van der Waals surface area contributed by atoms with Crippen molar-refractivity contribution in [2.75, 3.05) is 0 Å². The zero-order valence-corrected chi connectivity index (χ0v) is 40.6. The molecule has 0 aliphatic heterocycles. The number of carboxylic acids is 2. The predicted octanol–water partition coefficient (Wildman–Crippen LogP) is 7.55. The Bertz CT molecular complexity index is 1010. The minimum atomic E-state index is -5.12. The summed E-state index contributed by atoms with van der Waals surface area (Å²) in [6, 6.07) is 0. The van der Waals surface area contributed by atoms with Gasteiger partial charge < -0.3 is 19.8 Å². The van der Waals surface area contributed by atoms with E-state index in [2.05, 4.69) is 13.8 Å². The fourth-order valence-corrected chi connectivity index (χ4v) is 10.1. The van der Waals surface area contributed by atoms with E-state index >= 15 is 0 Å². The molecule has 0 aliphatic rings. The van der Waals surface area contributed by atoms with Crippen LogP contribution in [0.3, 0.4) is 0 Å². The molecule has 0 aromatic rings. The van der Waals surface area contributed by atoms with Crippen molar-refractivity contribution in [1.29, 1.82) is 0 Å². The number of carbonyl (C=O) groups is 2. The number of rotatable bonds is 47. The zero-order valence-electron chi connectivity index (χ0n) is 39.8. The second-order valence-electron chi connectivity index (χ2n) is 17.9. The van der Waals surface area contributed by atoms with Crippen molar-refractivity contribution in [1.82, 2.24) is 0 Å². The van der Waals surface area contributed by atoms with Gasteiger partial charge in [-0.05, 0) is 25.2 Å². The van der Waals surface area contributed by atoms with E-state index in [-0.39, 0.29) is 57.0 Å². The Balaban J connectivity index is -0.0000157. The molecule has 2 unspecified atom stereocenters. The SMILES string of the molecule is CCCCCCCCCCCCCCCCCCCCCCC(CC(=O)[O-])C(CCCCCCCCCCCCCCCCCCCCCC)(C(=O)[O-])S(=O)(=O)O.[Li+].[Li+]. The minimum Gasteiger partial charge on any atom is -0.550 e. The van der Waals surface area contributed by atoms with Crippen LogP contribution in [0.4, 0.5) is 0 Å². The molecule has 0 rings (SSSR count). The molecule has 59 heavy (non-hydrogen) atoms. The van der Waals surface area contributed by atoms with Crippen molar-refractivity contribution in [3.05, 3.63) is 0 Å². The van der Waals surface area contributed by atoms with E-state index in [1.165, 1.54) is 193 Å². The topological polar surface area (TPSA) is 135 Å². The molecule has 0 aliphatic carbocycles. The van der Waals surface area contributed by atoms with Crippen molar-refractivity contribution < 1.29 is 70.5 Å². The standard InChI is InChI=1S/C49H96O7S.2Li/c1-3-5-7-9-11-13-15-17-19-21-23-25-27-29-31-33-35-37-39-41-43-46(45-47(50)51)49(48(52)53,57(54,55)56)44-42-40-38-36-34-32-30-28-26-24-22-20-18-16-14-12-10-8-6-4-2;;/h46H,3-45H2,1-2H3,(H,50,51)(H,52,53)(H,54,55,56);;/q;2*+1/p-2. The average molecular weight is 841 g/mol. The molecule has 0 heterocycles. The Labute approximate surface area is 390 Å². The van der Waals surface area contributed by atoms with Gasteiger partial charge >= 0.3 is 37.7 Å². The largest absolute Gasteiger partial charge is 1.00 e. The van der Waals surface area contributed by atoms with Crippen LogP contribution in [0.25, 0.3) is 0 Å². The fourth-order valence-electron chi connectivity index (χ4n) is 8.91. The molecule has 0 fully saturated rings. The monoisotopic (exact) mass is 841 g/mol. The van der Waals surface area contributed by atoms with Gasteiger partial charge in [-0.3, -0.25) is 4.55 Å². The van der Waals surface area contributed by atoms with Crippen LogP contribution in [0, 0.1) is 5.92 Å². The molecule has 2 atom stereocenters. The maximum atomic E-state index is 12.7. The summed E-state index contributed by atoms with van der Waals surface area (Å²) in [6.45, 7) is 4.53. The van der Waals surface area contributed by atoms with E-state index in [4.69, 9.17) is 0 Å². The van der Waals surface area contributed by atoms with Gasteiger partial charge in [-0.2, -0.15) is 8.42 Å². The average Bonchev–Trinajstić information content (AvgIpc) is 3.16. The van der Waals surface area contributed by atoms with Gasteiger partial charge in [0.1, 0.15) is 4.75 Å². The summed E-state index contributed by atoms with van der Waals surface area (Å²) in [6.07, 6.45) is 47.4. The van der Waals surface area contributed by atoms with Gasteiger partial charge in [-0.15, -0.1) is 0 Å². The molecule has 0 aromatic carbocycles. The van der Waals surface area contributed by atoms with Crippen molar-refractivity contribution in [3.63, 3.8) is 0 Å². The van der Waals surface area contributed by atoms with Crippen LogP contribution < -0.4 is 47.9 Å². The van der Waals surface area contributed by atoms with Gasteiger partial charge in [-0.1, -0.05) is 271 Å². The Morgan fingerprint density at radius 3 is 0.847 bits per heavy atom. The van der Waals surface area contributed by atoms with E-state index in [1.54, 1.807) is 0 Å².